The Hall–Kier alpha value is -4.02. The zero-order valence-corrected chi connectivity index (χ0v) is 25.3. The molecule has 5 rings (SSSR count). The van der Waals surface area contributed by atoms with Crippen LogP contribution in [0.25, 0.3) is 0 Å². The monoisotopic (exact) mass is 642 g/mol. The van der Waals surface area contributed by atoms with E-state index in [1.807, 2.05) is 24.3 Å². The van der Waals surface area contributed by atoms with Gasteiger partial charge < -0.3 is 10.4 Å². The number of amides is 1. The molecule has 4 aromatic carbocycles. The molecule has 1 aliphatic rings. The highest BCUT2D eigenvalue weighted by atomic mass is 35.5. The maximum atomic E-state index is 15.3. The highest BCUT2D eigenvalue weighted by Crippen LogP contribution is 2.41. The summed E-state index contributed by atoms with van der Waals surface area (Å²) in [4.78, 5) is 11.8. The van der Waals surface area contributed by atoms with Crippen molar-refractivity contribution in [2.75, 3.05) is 4.31 Å². The number of nitrogens with one attached hydrogen (secondary N) is 1. The van der Waals surface area contributed by atoms with Gasteiger partial charge in [0.25, 0.3) is 10.0 Å². The molecule has 6 nitrogen and oxygen atoms in total. The maximum Gasteiger partial charge on any atom is 0.405 e. The lowest BCUT2D eigenvalue weighted by molar-refractivity contribution is 0.167. The first-order valence-corrected chi connectivity index (χ1v) is 15.9. The van der Waals surface area contributed by atoms with Crippen LogP contribution in [0, 0.1) is 17.5 Å². The SMILES string of the molecule is C[C@H](c1ccc(F)cc1CCC1(NC(=O)O)CCCc2ccccc21)N(c1cc(F)ccc1F)S(=O)(=O)c1ccc(Cl)cc1. The van der Waals surface area contributed by atoms with Gasteiger partial charge in [0.1, 0.15) is 17.5 Å². The Morgan fingerprint density at radius 2 is 1.68 bits per heavy atom. The summed E-state index contributed by atoms with van der Waals surface area (Å²) in [7, 11) is -4.50. The molecule has 0 fully saturated rings. The molecule has 2 N–H and O–H groups in total. The summed E-state index contributed by atoms with van der Waals surface area (Å²) in [5.74, 6) is -2.39. The van der Waals surface area contributed by atoms with Crippen molar-refractivity contribution in [3.05, 3.63) is 130 Å². The largest absolute Gasteiger partial charge is 0.465 e. The Labute approximate surface area is 259 Å². The molecule has 1 unspecified atom stereocenters. The van der Waals surface area contributed by atoms with Crippen molar-refractivity contribution >= 4 is 33.4 Å². The van der Waals surface area contributed by atoms with E-state index in [4.69, 9.17) is 11.6 Å². The van der Waals surface area contributed by atoms with E-state index in [1.165, 1.54) is 49.4 Å². The lowest BCUT2D eigenvalue weighted by Crippen LogP contribution is -2.48. The second kappa shape index (κ2) is 12.5. The van der Waals surface area contributed by atoms with Gasteiger partial charge >= 0.3 is 6.09 Å². The molecule has 0 radical (unpaired) electrons. The number of fused-ring (bicyclic) bond motifs is 1. The molecule has 4 aromatic rings. The van der Waals surface area contributed by atoms with Crippen LogP contribution in [0.15, 0.2) is 89.8 Å². The predicted octanol–water partition coefficient (Wildman–Crippen LogP) is 8.15. The number of carbonyl (C=O) groups is 1. The summed E-state index contributed by atoms with van der Waals surface area (Å²) in [6.45, 7) is 1.51. The zero-order chi connectivity index (χ0) is 31.6. The van der Waals surface area contributed by atoms with Gasteiger partial charge in [-0.2, -0.15) is 0 Å². The fraction of sp³-hybridized carbons (Fsp3) is 0.242. The van der Waals surface area contributed by atoms with Gasteiger partial charge in [0, 0.05) is 11.1 Å². The quantitative estimate of drug-likeness (QED) is 0.193. The lowest BCUT2D eigenvalue weighted by Gasteiger charge is -2.39. The molecule has 0 aromatic heterocycles. The number of carboxylic acid groups (broad SMARTS) is 1. The van der Waals surface area contributed by atoms with Gasteiger partial charge in [-0.1, -0.05) is 41.9 Å². The number of anilines is 1. The summed E-state index contributed by atoms with van der Waals surface area (Å²) >= 11 is 5.98. The van der Waals surface area contributed by atoms with Crippen LogP contribution in [0.3, 0.4) is 0 Å². The van der Waals surface area contributed by atoms with E-state index < -0.39 is 50.8 Å². The molecule has 1 amide bonds. The predicted molar refractivity (Wildman–Crippen MR) is 163 cm³/mol. The number of hydrogen-bond acceptors (Lipinski definition) is 3. The Morgan fingerprint density at radius 1 is 1.00 bits per heavy atom. The van der Waals surface area contributed by atoms with E-state index in [2.05, 4.69) is 5.32 Å². The van der Waals surface area contributed by atoms with Crippen molar-refractivity contribution in [3.63, 3.8) is 0 Å². The number of aryl methyl sites for hydroxylation is 2. The van der Waals surface area contributed by atoms with Gasteiger partial charge in [-0.05, 0) is 110 Å². The average Bonchev–Trinajstić information content (AvgIpc) is 2.98. The van der Waals surface area contributed by atoms with Gasteiger partial charge in [0.15, 0.2) is 0 Å². The first-order valence-electron chi connectivity index (χ1n) is 14.0. The van der Waals surface area contributed by atoms with Crippen LogP contribution in [0.1, 0.15) is 54.5 Å². The van der Waals surface area contributed by atoms with Crippen LogP contribution in [0.4, 0.5) is 23.7 Å². The highest BCUT2D eigenvalue weighted by Gasteiger charge is 2.39. The first kappa shape index (κ1) is 31.4. The molecule has 0 aliphatic heterocycles. The summed E-state index contributed by atoms with van der Waals surface area (Å²) < 4.78 is 73.3. The van der Waals surface area contributed by atoms with Crippen LogP contribution >= 0.6 is 11.6 Å². The van der Waals surface area contributed by atoms with Gasteiger partial charge in [0.05, 0.1) is 22.2 Å². The number of halogens is 4. The average molecular weight is 643 g/mol. The van der Waals surface area contributed by atoms with Crippen LogP contribution in [-0.4, -0.2) is 19.6 Å². The minimum Gasteiger partial charge on any atom is -0.465 e. The molecule has 230 valence electrons. The van der Waals surface area contributed by atoms with Gasteiger partial charge in [-0.15, -0.1) is 0 Å². The summed E-state index contributed by atoms with van der Waals surface area (Å²) in [6.07, 6.45) is 1.25. The molecule has 2 atom stereocenters. The van der Waals surface area contributed by atoms with Gasteiger partial charge in [0.2, 0.25) is 0 Å². The molecule has 1 aliphatic carbocycles. The highest BCUT2D eigenvalue weighted by molar-refractivity contribution is 7.92. The topological polar surface area (TPSA) is 86.7 Å². The second-order valence-electron chi connectivity index (χ2n) is 10.9. The summed E-state index contributed by atoms with van der Waals surface area (Å²) in [6, 6.07) is 18.1. The van der Waals surface area contributed by atoms with Crippen LogP contribution in [-0.2, 0) is 28.4 Å². The Balaban J connectivity index is 1.60. The number of rotatable bonds is 9. The van der Waals surface area contributed by atoms with Crippen molar-refractivity contribution in [2.45, 2.75) is 55.5 Å². The van der Waals surface area contributed by atoms with Crippen molar-refractivity contribution in [3.8, 4) is 0 Å². The zero-order valence-electron chi connectivity index (χ0n) is 23.7. The molecule has 0 spiro atoms. The third-order valence-electron chi connectivity index (χ3n) is 8.17. The van der Waals surface area contributed by atoms with Crippen molar-refractivity contribution in [1.29, 1.82) is 0 Å². The smallest absolute Gasteiger partial charge is 0.405 e. The molecular formula is C33H30ClF3N2O4S. The van der Waals surface area contributed by atoms with Gasteiger partial charge in [-0.25, -0.2) is 26.4 Å². The summed E-state index contributed by atoms with van der Waals surface area (Å²) in [5.41, 5.74) is 1.13. The number of hydrogen-bond donors (Lipinski definition) is 2. The van der Waals surface area contributed by atoms with Crippen LogP contribution in [0.5, 0.6) is 0 Å². The normalized spacial score (nSPS) is 17.0. The second-order valence-corrected chi connectivity index (χ2v) is 13.1. The Bertz CT molecular complexity index is 1800. The van der Waals surface area contributed by atoms with Crippen molar-refractivity contribution in [2.24, 2.45) is 0 Å². The number of nitrogens with zero attached hydrogens (tertiary/aromatic N) is 1. The standard InChI is InChI=1S/C33H30ClF3N2O4S/c1-21(39(31-20-26(36)11-15-30(31)37)44(42,43)27-12-8-24(34)9-13-27)28-14-10-25(35)19-23(28)16-18-33(38-32(40)41)17-4-6-22-5-2-3-7-29(22)33/h2-3,5,7-15,19-21,38H,4,6,16-18H2,1H3,(H,40,41)/t21-,33?/m1/s1. The number of sulfonamides is 1. The minimum absolute atomic E-state index is 0.159. The minimum atomic E-state index is -4.50. The fourth-order valence-corrected chi connectivity index (χ4v) is 7.93. The molecule has 11 heteroatoms. The maximum absolute atomic E-state index is 15.3. The van der Waals surface area contributed by atoms with E-state index in [0.717, 1.165) is 46.5 Å². The third kappa shape index (κ3) is 6.27. The fourth-order valence-electron chi connectivity index (χ4n) is 6.17. The summed E-state index contributed by atoms with van der Waals surface area (Å²) in [5, 5.41) is 12.8. The van der Waals surface area contributed by atoms with Gasteiger partial charge in [-0.3, -0.25) is 4.31 Å². The Kier molecular flexibility index (Phi) is 8.95. The van der Waals surface area contributed by atoms with E-state index in [9.17, 15) is 27.1 Å². The van der Waals surface area contributed by atoms with E-state index in [0.29, 0.717) is 17.5 Å². The number of benzene rings is 4. The molecule has 0 saturated carbocycles. The molecule has 44 heavy (non-hydrogen) atoms. The third-order valence-corrected chi connectivity index (χ3v) is 10.3. The van der Waals surface area contributed by atoms with E-state index >= 15 is 4.39 Å². The first-order chi connectivity index (χ1) is 20.9. The van der Waals surface area contributed by atoms with E-state index in [-0.39, 0.29) is 22.8 Å². The lowest BCUT2D eigenvalue weighted by atomic mass is 9.73. The van der Waals surface area contributed by atoms with E-state index in [1.54, 1.807) is 0 Å². The van der Waals surface area contributed by atoms with Crippen LogP contribution < -0.4 is 9.62 Å². The van der Waals surface area contributed by atoms with Crippen LogP contribution in [0.2, 0.25) is 5.02 Å². The molecular weight excluding hydrogens is 613 g/mol. The molecule has 0 saturated heterocycles. The van der Waals surface area contributed by atoms with Crippen molar-refractivity contribution in [1.82, 2.24) is 5.32 Å². The van der Waals surface area contributed by atoms with Crippen molar-refractivity contribution < 1.29 is 31.5 Å². The molecule has 0 heterocycles. The Morgan fingerprint density at radius 3 is 2.41 bits per heavy atom. The molecule has 0 bridgehead atoms.